The number of rotatable bonds is 44. The Hall–Kier alpha value is -8.56. The van der Waals surface area contributed by atoms with Gasteiger partial charge in [0.15, 0.2) is 5.96 Å². The summed E-state index contributed by atoms with van der Waals surface area (Å²) >= 11 is 0. The summed E-state index contributed by atoms with van der Waals surface area (Å²) in [6.45, 7) is 17.2. The third-order valence-electron chi connectivity index (χ3n) is 15.1. The molecule has 0 heterocycles. The molecule has 0 radical (unpaired) electrons. The first-order chi connectivity index (χ1) is 44.4. The number of benzene rings is 1. The third kappa shape index (κ3) is 30.6. The fourth-order valence-corrected chi connectivity index (χ4v) is 9.42. The van der Waals surface area contributed by atoms with Gasteiger partial charge in [0.25, 0.3) is 0 Å². The van der Waals surface area contributed by atoms with E-state index in [4.69, 9.17) is 17.2 Å². The molecule has 0 saturated heterocycles. The van der Waals surface area contributed by atoms with Gasteiger partial charge in [0.2, 0.25) is 65.0 Å². The number of nitrogens with zero attached hydrogens (tertiary/aromatic N) is 1. The van der Waals surface area contributed by atoms with Crippen molar-refractivity contribution in [1.82, 2.24) is 58.5 Å². The maximum atomic E-state index is 14.5. The van der Waals surface area contributed by atoms with Crippen molar-refractivity contribution in [3.8, 4) is 0 Å². The summed E-state index contributed by atoms with van der Waals surface area (Å²) in [6, 6.07) is -9.50. The monoisotopic (exact) mass is 1350 g/mol. The number of guanidine groups is 1. The highest BCUT2D eigenvalue weighted by molar-refractivity contribution is 5.99. The predicted molar refractivity (Wildman–Crippen MR) is 348 cm³/mol. The predicted octanol–water partition coefficient (Wildman–Crippen LogP) is -4.02. The first kappa shape index (κ1) is 84.5. The van der Waals surface area contributed by atoms with Gasteiger partial charge in [0.05, 0.1) is 25.9 Å². The molecule has 95 heavy (non-hydrogen) atoms. The van der Waals surface area contributed by atoms with Crippen molar-refractivity contribution in [2.75, 3.05) is 26.4 Å². The Balaban J connectivity index is 3.55. The van der Waals surface area contributed by atoms with E-state index in [2.05, 4.69) is 58.2 Å². The molecule has 22 N–H and O–H groups in total. The largest absolute Gasteiger partial charge is 0.481 e. The second-order valence-corrected chi connectivity index (χ2v) is 25.3. The molecule has 0 aliphatic heterocycles. The molecule has 0 saturated carbocycles. The minimum Gasteiger partial charge on any atom is -0.481 e. The minimum absolute atomic E-state index is 0.0366. The number of aliphatic hydroxyl groups is 3. The second-order valence-electron chi connectivity index (χ2n) is 25.3. The van der Waals surface area contributed by atoms with Crippen LogP contribution in [0.1, 0.15) is 134 Å². The topological polar surface area (TPSA) is 546 Å². The molecule has 0 fully saturated rings. The first-order valence-corrected chi connectivity index (χ1v) is 31.9. The molecule has 11 amide bonds. The fraction of sp³-hybridized carbons (Fsp3) is 0.677. The highest BCUT2D eigenvalue weighted by Crippen LogP contribution is 2.16. The standard InChI is InChI=1S/C62H105N15O18/c1-13-35(12)49(60(93)72-43(28-79)56(89)73-44(29-80)61(94)95)77-54(87)40(25-31(4)5)68-51(84)38(21-22-45(81)82)67-53(86)41(26-36-18-15-14-16-19-36)69-55(88)42(27-78)71-52(85)39(24-30(2)3)70-57(90)46(32(6)7)75-59(92)48(34(10)11)76-58(91)47(33(8)9)74-50(83)37(63)20-17-23-66-62(64)65/h14-16,18-19,30-35,37-44,46-49,78-80H,13,17,20-29,63H2,1-12H3,(H,67,86)(H,68,84)(H,69,88)(H,70,90)(H,71,85)(H,72,93)(H,73,89)(H,74,83)(H,75,92)(H,76,91)(H,77,87)(H,81,82)(H,94,95)(H4,64,65,66)/t35-,37-,38-,39-,40-,41-,42-,43-,44-,46-,47-,48-,49-/m0/s1. The number of carboxylic acid groups (broad SMARTS) is 2. The molecule has 33 heteroatoms. The van der Waals surface area contributed by atoms with Gasteiger partial charge < -0.3 is 101 Å². The second kappa shape index (κ2) is 42.7. The molecule has 0 aliphatic rings. The zero-order valence-corrected chi connectivity index (χ0v) is 56.5. The number of nitrogens with one attached hydrogen (secondary N) is 11. The molecule has 0 spiro atoms. The molecular formula is C62H105N15O18. The van der Waals surface area contributed by atoms with Crippen LogP contribution < -0.4 is 75.7 Å². The van der Waals surface area contributed by atoms with Crippen LogP contribution in [0.25, 0.3) is 0 Å². The smallest absolute Gasteiger partial charge is 0.328 e. The SMILES string of the molecule is CC[C@H](C)[C@H](NC(=O)[C@H](CC(C)C)NC(=O)[C@H](CCC(=O)O)NC(=O)[C@H](Cc1ccccc1)NC(=O)[C@H](CO)NC(=O)[C@H](CC(C)C)NC(=O)[C@@H](NC(=O)[C@@H](NC(=O)[C@@H](NC(=O)[C@@H](N)CCCN=C(N)N)C(C)C)C(C)C)C(C)C)C(=O)N[C@@H](CO)C(=O)N[C@@H](CO)C(=O)O. The number of amides is 11. The van der Waals surface area contributed by atoms with Crippen LogP contribution in [-0.4, -0.2) is 207 Å². The molecule has 536 valence electrons. The van der Waals surface area contributed by atoms with Gasteiger partial charge in [-0.1, -0.05) is 120 Å². The summed E-state index contributed by atoms with van der Waals surface area (Å²) in [6.07, 6.45) is -0.829. The van der Waals surface area contributed by atoms with Gasteiger partial charge >= 0.3 is 11.9 Å². The highest BCUT2D eigenvalue weighted by Gasteiger charge is 2.39. The maximum absolute atomic E-state index is 14.5. The number of aliphatic hydroxyl groups excluding tert-OH is 3. The van der Waals surface area contributed by atoms with Crippen molar-refractivity contribution < 1.29 is 87.9 Å². The van der Waals surface area contributed by atoms with Gasteiger partial charge in [-0.2, -0.15) is 0 Å². The minimum atomic E-state index is -1.80. The summed E-state index contributed by atoms with van der Waals surface area (Å²) in [4.78, 5) is 180. The van der Waals surface area contributed by atoms with E-state index >= 15 is 0 Å². The lowest BCUT2D eigenvalue weighted by atomic mass is 9.96. The van der Waals surface area contributed by atoms with E-state index in [0.29, 0.717) is 12.0 Å². The van der Waals surface area contributed by atoms with E-state index in [1.807, 2.05) is 5.32 Å². The van der Waals surface area contributed by atoms with E-state index in [1.165, 1.54) is 0 Å². The molecule has 0 bridgehead atoms. The zero-order chi connectivity index (χ0) is 72.6. The number of nitrogens with two attached hydrogens (primary N) is 3. The molecular weight excluding hydrogens is 1240 g/mol. The van der Waals surface area contributed by atoms with Crippen LogP contribution in [0.3, 0.4) is 0 Å². The van der Waals surface area contributed by atoms with E-state index in [1.54, 1.807) is 113 Å². The fourth-order valence-electron chi connectivity index (χ4n) is 9.42. The third-order valence-corrected chi connectivity index (χ3v) is 15.1. The average Bonchev–Trinajstić information content (AvgIpc) is 0.883. The van der Waals surface area contributed by atoms with Crippen LogP contribution in [0.15, 0.2) is 35.3 Å². The van der Waals surface area contributed by atoms with Crippen molar-refractivity contribution >= 4 is 82.9 Å². The van der Waals surface area contributed by atoms with E-state index < -0.39 is 206 Å². The molecule has 0 aromatic heterocycles. The number of hydrogen-bond acceptors (Lipinski definition) is 18. The Bertz CT molecular complexity index is 2750. The van der Waals surface area contributed by atoms with Gasteiger partial charge in [-0.15, -0.1) is 0 Å². The van der Waals surface area contributed by atoms with Crippen LogP contribution >= 0.6 is 0 Å². The van der Waals surface area contributed by atoms with E-state index in [9.17, 15) is 87.9 Å². The van der Waals surface area contributed by atoms with Crippen LogP contribution in [-0.2, 0) is 68.7 Å². The normalized spacial score (nSPS) is 15.5. The van der Waals surface area contributed by atoms with Crippen LogP contribution in [0, 0.1) is 35.5 Å². The molecule has 1 aromatic carbocycles. The maximum Gasteiger partial charge on any atom is 0.328 e. The van der Waals surface area contributed by atoms with Crippen molar-refractivity contribution in [1.29, 1.82) is 0 Å². The Labute approximate surface area is 554 Å². The van der Waals surface area contributed by atoms with Crippen molar-refractivity contribution in [2.24, 2.45) is 57.7 Å². The summed E-state index contributed by atoms with van der Waals surface area (Å²) in [5, 5.41) is 76.4. The molecule has 33 nitrogen and oxygen atoms in total. The van der Waals surface area contributed by atoms with Crippen LogP contribution in [0.4, 0.5) is 0 Å². The number of aliphatic imine (C=N–C) groups is 1. The lowest BCUT2D eigenvalue weighted by Crippen LogP contribution is -2.62. The van der Waals surface area contributed by atoms with Crippen molar-refractivity contribution in [3.63, 3.8) is 0 Å². The van der Waals surface area contributed by atoms with Gasteiger partial charge in [-0.25, -0.2) is 4.79 Å². The lowest BCUT2D eigenvalue weighted by Gasteiger charge is -2.31. The first-order valence-electron chi connectivity index (χ1n) is 31.9. The van der Waals surface area contributed by atoms with Crippen LogP contribution in [0.5, 0.6) is 0 Å². The quantitative estimate of drug-likeness (QED) is 0.0168. The lowest BCUT2D eigenvalue weighted by molar-refractivity contribution is -0.143. The molecule has 1 aromatic rings. The Morgan fingerprint density at radius 1 is 0.432 bits per heavy atom. The van der Waals surface area contributed by atoms with Gasteiger partial charge in [-0.3, -0.25) is 62.5 Å². The van der Waals surface area contributed by atoms with E-state index in [-0.39, 0.29) is 56.4 Å². The molecule has 0 aliphatic carbocycles. The number of aliphatic carboxylic acids is 2. The van der Waals surface area contributed by atoms with Crippen molar-refractivity contribution in [2.45, 2.75) is 207 Å². The zero-order valence-electron chi connectivity index (χ0n) is 56.5. The van der Waals surface area contributed by atoms with Gasteiger partial charge in [0, 0.05) is 19.4 Å². The summed E-state index contributed by atoms with van der Waals surface area (Å²) in [5.41, 5.74) is 17.3. The van der Waals surface area contributed by atoms with Gasteiger partial charge in [0.1, 0.15) is 66.5 Å². The summed E-state index contributed by atoms with van der Waals surface area (Å²) < 4.78 is 0. The summed E-state index contributed by atoms with van der Waals surface area (Å²) in [7, 11) is 0. The number of carbonyl (C=O) groups excluding carboxylic acids is 11. The Morgan fingerprint density at radius 2 is 0.779 bits per heavy atom. The average molecular weight is 1350 g/mol. The van der Waals surface area contributed by atoms with Gasteiger partial charge in [-0.05, 0) is 73.2 Å². The summed E-state index contributed by atoms with van der Waals surface area (Å²) in [5.74, 6) is -16.3. The highest BCUT2D eigenvalue weighted by atomic mass is 16.4. The number of carbonyl (C=O) groups is 13. The van der Waals surface area contributed by atoms with E-state index in [0.717, 1.165) is 0 Å². The molecule has 13 atom stereocenters. The molecule has 0 unspecified atom stereocenters. The Kier molecular flexibility index (Phi) is 38.0. The van der Waals surface area contributed by atoms with Crippen LogP contribution in [0.2, 0.25) is 0 Å². The van der Waals surface area contributed by atoms with Crippen molar-refractivity contribution in [3.05, 3.63) is 35.9 Å². The number of carboxylic acids is 2. The number of hydrogen-bond donors (Lipinski definition) is 19. The Morgan fingerprint density at radius 3 is 1.20 bits per heavy atom. The molecule has 1 rings (SSSR count).